The highest BCUT2D eigenvalue weighted by atomic mass is 35.5. The van der Waals surface area contributed by atoms with Crippen molar-refractivity contribution in [2.24, 2.45) is 7.05 Å². The third-order valence-electron chi connectivity index (χ3n) is 6.63. The first kappa shape index (κ1) is 21.5. The molecular formula is C27H21ClN6O. The van der Waals surface area contributed by atoms with Crippen LogP contribution in [0.15, 0.2) is 54.9 Å². The third-order valence-corrected chi connectivity index (χ3v) is 6.94. The molecule has 6 rings (SSSR count). The summed E-state index contributed by atoms with van der Waals surface area (Å²) in [5.74, 6) is 2.02. The summed E-state index contributed by atoms with van der Waals surface area (Å²) in [5, 5.41) is 8.32. The molecule has 0 spiro atoms. The van der Waals surface area contributed by atoms with E-state index in [0.717, 1.165) is 46.4 Å². The lowest BCUT2D eigenvalue weighted by molar-refractivity contribution is 0.0996. The standard InChI is InChI=1S/C27H21ClN6O/c1-29-20-7-8-21(23(12-20)26-32-30-15-33(26)2)19-10-24(17-5-6-17)31-25(11-19)34-14-18-4-3-16(13-28)9-22(18)27(34)35/h3-4,7-12,15,17H,5-6,13-14H2,2H3. The van der Waals surface area contributed by atoms with Crippen LogP contribution in [-0.2, 0) is 19.5 Å². The Kier molecular flexibility index (Phi) is 5.12. The quantitative estimate of drug-likeness (QED) is 0.264. The number of hydrogen-bond acceptors (Lipinski definition) is 4. The van der Waals surface area contributed by atoms with Gasteiger partial charge in [0, 0.05) is 35.7 Å². The molecule has 1 saturated carbocycles. The van der Waals surface area contributed by atoms with Gasteiger partial charge in [0.25, 0.3) is 5.91 Å². The zero-order valence-electron chi connectivity index (χ0n) is 19.1. The van der Waals surface area contributed by atoms with Crippen LogP contribution < -0.4 is 4.90 Å². The van der Waals surface area contributed by atoms with Crippen molar-refractivity contribution in [3.05, 3.63) is 88.7 Å². The van der Waals surface area contributed by atoms with Crippen LogP contribution in [0.2, 0.25) is 0 Å². The number of pyridine rings is 1. The summed E-state index contributed by atoms with van der Waals surface area (Å²) in [5.41, 5.74) is 6.79. The molecule has 0 atom stereocenters. The van der Waals surface area contributed by atoms with Crippen LogP contribution in [0.25, 0.3) is 27.4 Å². The molecule has 1 aliphatic heterocycles. The van der Waals surface area contributed by atoms with E-state index in [1.54, 1.807) is 11.2 Å². The molecule has 0 radical (unpaired) electrons. The minimum Gasteiger partial charge on any atom is -0.317 e. The van der Waals surface area contributed by atoms with Gasteiger partial charge in [-0.05, 0) is 59.4 Å². The molecule has 35 heavy (non-hydrogen) atoms. The number of nitrogens with zero attached hydrogens (tertiary/aromatic N) is 6. The second-order valence-corrected chi connectivity index (χ2v) is 9.30. The Morgan fingerprint density at radius 2 is 1.94 bits per heavy atom. The van der Waals surface area contributed by atoms with Crippen LogP contribution >= 0.6 is 11.6 Å². The highest BCUT2D eigenvalue weighted by Crippen LogP contribution is 2.43. The molecule has 4 aromatic rings. The predicted octanol–water partition coefficient (Wildman–Crippen LogP) is 5.87. The molecule has 0 saturated heterocycles. The summed E-state index contributed by atoms with van der Waals surface area (Å²) in [6.45, 7) is 7.95. The lowest BCUT2D eigenvalue weighted by Crippen LogP contribution is -2.24. The van der Waals surface area contributed by atoms with Gasteiger partial charge in [0.1, 0.15) is 12.1 Å². The van der Waals surface area contributed by atoms with Crippen molar-refractivity contribution in [1.82, 2.24) is 19.7 Å². The van der Waals surface area contributed by atoms with Gasteiger partial charge >= 0.3 is 0 Å². The number of benzene rings is 2. The molecule has 0 N–H and O–H groups in total. The lowest BCUT2D eigenvalue weighted by Gasteiger charge is -2.18. The van der Waals surface area contributed by atoms with E-state index >= 15 is 0 Å². The summed E-state index contributed by atoms with van der Waals surface area (Å²) in [7, 11) is 1.88. The minimum absolute atomic E-state index is 0.0600. The Labute approximate surface area is 207 Å². The van der Waals surface area contributed by atoms with E-state index in [0.29, 0.717) is 41.2 Å². The first-order chi connectivity index (χ1) is 17.1. The molecule has 1 fully saturated rings. The molecule has 172 valence electrons. The zero-order valence-corrected chi connectivity index (χ0v) is 19.8. The van der Waals surface area contributed by atoms with Crippen LogP contribution in [0.3, 0.4) is 0 Å². The van der Waals surface area contributed by atoms with Crippen molar-refractivity contribution in [3.63, 3.8) is 0 Å². The van der Waals surface area contributed by atoms with Gasteiger partial charge in [-0.2, -0.15) is 0 Å². The normalized spacial score (nSPS) is 14.8. The van der Waals surface area contributed by atoms with Crippen LogP contribution in [-0.4, -0.2) is 25.7 Å². The highest BCUT2D eigenvalue weighted by Gasteiger charge is 2.32. The Morgan fingerprint density at radius 3 is 2.66 bits per heavy atom. The number of rotatable bonds is 5. The minimum atomic E-state index is -0.0600. The van der Waals surface area contributed by atoms with Crippen molar-refractivity contribution in [2.75, 3.05) is 4.90 Å². The second kappa shape index (κ2) is 8.33. The van der Waals surface area contributed by atoms with Gasteiger partial charge in [-0.1, -0.05) is 24.3 Å². The Balaban J connectivity index is 1.49. The average molecular weight is 481 g/mol. The number of hydrogen-bond donors (Lipinski definition) is 0. The number of alkyl halides is 1. The van der Waals surface area contributed by atoms with Gasteiger partial charge in [0.2, 0.25) is 0 Å². The van der Waals surface area contributed by atoms with Crippen molar-refractivity contribution in [2.45, 2.75) is 31.2 Å². The SMILES string of the molecule is [C-]#[N+]c1ccc(-c2cc(C3CC3)nc(N3Cc4ccc(CCl)cc4C3=O)c2)c(-c2nncn2C)c1. The first-order valence-electron chi connectivity index (χ1n) is 11.4. The molecule has 2 aliphatic rings. The van der Waals surface area contributed by atoms with Crippen molar-refractivity contribution in [3.8, 4) is 22.5 Å². The highest BCUT2D eigenvalue weighted by molar-refractivity contribution is 6.17. The summed E-state index contributed by atoms with van der Waals surface area (Å²) in [4.78, 5) is 23.7. The average Bonchev–Trinajstić information content (AvgIpc) is 3.58. The number of carbonyl (C=O) groups excluding carboxylic acids is 1. The van der Waals surface area contributed by atoms with Crippen LogP contribution in [0.5, 0.6) is 0 Å². The number of aromatic nitrogens is 4. The molecule has 7 nitrogen and oxygen atoms in total. The molecular weight excluding hydrogens is 460 g/mol. The van der Waals surface area contributed by atoms with Crippen LogP contribution in [0, 0.1) is 6.57 Å². The summed E-state index contributed by atoms with van der Waals surface area (Å²) < 4.78 is 1.84. The van der Waals surface area contributed by atoms with Gasteiger partial charge in [-0.3, -0.25) is 9.69 Å². The van der Waals surface area contributed by atoms with Crippen molar-refractivity contribution < 1.29 is 4.79 Å². The maximum Gasteiger partial charge on any atom is 0.260 e. The van der Waals surface area contributed by atoms with E-state index in [9.17, 15) is 4.79 Å². The first-order valence-corrected chi connectivity index (χ1v) is 12.0. The topological polar surface area (TPSA) is 68.3 Å². The van der Waals surface area contributed by atoms with Gasteiger partial charge in [0.05, 0.1) is 13.1 Å². The Bertz CT molecular complexity index is 1530. The molecule has 0 bridgehead atoms. The maximum absolute atomic E-state index is 13.4. The Morgan fingerprint density at radius 1 is 1.09 bits per heavy atom. The second-order valence-electron chi connectivity index (χ2n) is 9.04. The number of anilines is 1. The van der Waals surface area contributed by atoms with E-state index in [2.05, 4.69) is 21.1 Å². The number of aryl methyl sites for hydroxylation is 1. The fourth-order valence-corrected chi connectivity index (χ4v) is 4.77. The molecule has 2 aromatic heterocycles. The van der Waals surface area contributed by atoms with Gasteiger partial charge in [0.15, 0.2) is 11.5 Å². The molecule has 8 heteroatoms. The van der Waals surface area contributed by atoms with Gasteiger partial charge in [-0.15, -0.1) is 21.8 Å². The number of carbonyl (C=O) groups is 1. The van der Waals surface area contributed by atoms with Crippen molar-refractivity contribution >= 4 is 29.0 Å². The van der Waals surface area contributed by atoms with Crippen molar-refractivity contribution in [1.29, 1.82) is 0 Å². The zero-order chi connectivity index (χ0) is 24.1. The summed E-state index contributed by atoms with van der Waals surface area (Å²) >= 11 is 6.00. The molecule has 1 aliphatic carbocycles. The van der Waals surface area contributed by atoms with Gasteiger partial charge in [-0.25, -0.2) is 9.83 Å². The molecule has 0 unspecified atom stereocenters. The predicted molar refractivity (Wildman–Crippen MR) is 134 cm³/mol. The summed E-state index contributed by atoms with van der Waals surface area (Å²) in [6.07, 6.45) is 3.83. The van der Waals surface area contributed by atoms with E-state index in [1.165, 1.54) is 0 Å². The third kappa shape index (κ3) is 3.76. The molecule has 1 amide bonds. The van der Waals surface area contributed by atoms with E-state index in [4.69, 9.17) is 23.2 Å². The molecule has 2 aromatic carbocycles. The number of fused-ring (bicyclic) bond motifs is 1. The smallest absolute Gasteiger partial charge is 0.260 e. The summed E-state index contributed by atoms with van der Waals surface area (Å²) in [6, 6.07) is 15.5. The lowest BCUT2D eigenvalue weighted by atomic mass is 9.97. The largest absolute Gasteiger partial charge is 0.317 e. The maximum atomic E-state index is 13.4. The number of amides is 1. The monoisotopic (exact) mass is 480 g/mol. The van der Waals surface area contributed by atoms with E-state index in [-0.39, 0.29) is 5.91 Å². The molecule has 3 heterocycles. The van der Waals surface area contributed by atoms with Gasteiger partial charge < -0.3 is 4.57 Å². The number of halogens is 1. The van der Waals surface area contributed by atoms with E-state index < -0.39 is 0 Å². The van der Waals surface area contributed by atoms with E-state index in [1.807, 2.05) is 54.1 Å². The van der Waals surface area contributed by atoms with Crippen LogP contribution in [0.4, 0.5) is 11.5 Å². The fraction of sp³-hybridized carbons (Fsp3) is 0.222. The fourth-order valence-electron chi connectivity index (χ4n) is 4.60. The Hall–Kier alpha value is -4.02. The van der Waals surface area contributed by atoms with Crippen LogP contribution in [0.1, 0.15) is 45.9 Å².